The van der Waals surface area contributed by atoms with Gasteiger partial charge in [0.05, 0.1) is 5.60 Å². The molecule has 0 aliphatic heterocycles. The van der Waals surface area contributed by atoms with Gasteiger partial charge in [0.2, 0.25) is 0 Å². The molecule has 0 spiro atoms. The van der Waals surface area contributed by atoms with E-state index >= 15 is 0 Å². The maximum absolute atomic E-state index is 10.5. The molecule has 1 heteroatoms. The first kappa shape index (κ1) is 11.8. The molecule has 0 fully saturated rings. The van der Waals surface area contributed by atoms with Crippen LogP contribution in [0.4, 0.5) is 0 Å². The quantitative estimate of drug-likeness (QED) is 0.727. The van der Waals surface area contributed by atoms with Crippen LogP contribution >= 0.6 is 0 Å². The third-order valence-electron chi connectivity index (χ3n) is 2.66. The van der Waals surface area contributed by atoms with Crippen molar-refractivity contribution in [2.75, 3.05) is 0 Å². The van der Waals surface area contributed by atoms with Gasteiger partial charge in [0.25, 0.3) is 0 Å². The van der Waals surface area contributed by atoms with Gasteiger partial charge in [-0.2, -0.15) is 0 Å². The normalized spacial score (nSPS) is 14.2. The second-order valence-corrected chi connectivity index (χ2v) is 3.85. The van der Waals surface area contributed by atoms with Crippen molar-refractivity contribution in [2.45, 2.75) is 38.2 Å². The highest BCUT2D eigenvalue weighted by Gasteiger charge is 2.26. The largest absolute Gasteiger partial charge is 0.385 e. The predicted molar refractivity (Wildman–Crippen MR) is 63.3 cm³/mol. The lowest BCUT2D eigenvalue weighted by molar-refractivity contribution is 0.0192. The van der Waals surface area contributed by atoms with Crippen molar-refractivity contribution in [3.8, 4) is 12.3 Å². The van der Waals surface area contributed by atoms with E-state index in [0.29, 0.717) is 12.8 Å². The van der Waals surface area contributed by atoms with E-state index in [1.807, 2.05) is 30.3 Å². The van der Waals surface area contributed by atoms with Crippen molar-refractivity contribution < 1.29 is 5.11 Å². The molecule has 1 aromatic carbocycles. The Morgan fingerprint density at radius 3 is 2.47 bits per heavy atom. The Labute approximate surface area is 92.1 Å². The number of hydrogen-bond donors (Lipinski definition) is 1. The summed E-state index contributed by atoms with van der Waals surface area (Å²) in [5.41, 5.74) is 0.227. The molecule has 1 aromatic rings. The molecule has 0 amide bonds. The summed E-state index contributed by atoms with van der Waals surface area (Å²) in [4.78, 5) is 0. The van der Waals surface area contributed by atoms with Crippen molar-refractivity contribution in [1.29, 1.82) is 0 Å². The Bertz CT molecular complexity index is 323. The summed E-state index contributed by atoms with van der Waals surface area (Å²) in [7, 11) is 0. The van der Waals surface area contributed by atoms with Crippen molar-refractivity contribution in [2.24, 2.45) is 0 Å². The Kier molecular flexibility index (Phi) is 4.39. The van der Waals surface area contributed by atoms with Gasteiger partial charge in [0.15, 0.2) is 0 Å². The first-order chi connectivity index (χ1) is 7.23. The molecule has 0 aliphatic carbocycles. The van der Waals surface area contributed by atoms with Crippen LogP contribution in [0.15, 0.2) is 30.3 Å². The van der Waals surface area contributed by atoms with Gasteiger partial charge in [-0.05, 0) is 18.4 Å². The second-order valence-electron chi connectivity index (χ2n) is 3.85. The number of benzene rings is 1. The lowest BCUT2D eigenvalue weighted by Gasteiger charge is -2.27. The van der Waals surface area contributed by atoms with Crippen LogP contribution in [0.5, 0.6) is 0 Å². The summed E-state index contributed by atoms with van der Waals surface area (Å²) in [6.07, 6.45) is 8.22. The Morgan fingerprint density at radius 1 is 1.27 bits per heavy atom. The van der Waals surface area contributed by atoms with E-state index in [4.69, 9.17) is 6.42 Å². The number of terminal acetylenes is 1. The highest BCUT2D eigenvalue weighted by atomic mass is 16.3. The van der Waals surface area contributed by atoms with Crippen LogP contribution in [0.25, 0.3) is 0 Å². The molecule has 0 bridgehead atoms. The highest BCUT2D eigenvalue weighted by molar-refractivity contribution is 5.22. The summed E-state index contributed by atoms with van der Waals surface area (Å²) < 4.78 is 0. The van der Waals surface area contributed by atoms with Crippen LogP contribution < -0.4 is 0 Å². The zero-order valence-corrected chi connectivity index (χ0v) is 9.24. The first-order valence-corrected chi connectivity index (χ1v) is 5.44. The zero-order valence-electron chi connectivity index (χ0n) is 9.24. The fourth-order valence-electron chi connectivity index (χ4n) is 1.85. The van der Waals surface area contributed by atoms with Crippen molar-refractivity contribution >= 4 is 0 Å². The van der Waals surface area contributed by atoms with Crippen LogP contribution in [0.1, 0.15) is 38.2 Å². The van der Waals surface area contributed by atoms with Gasteiger partial charge in [-0.3, -0.25) is 0 Å². The molecule has 0 aliphatic rings. The van der Waals surface area contributed by atoms with Crippen molar-refractivity contribution in [1.82, 2.24) is 0 Å². The molecule has 0 aromatic heterocycles. The Morgan fingerprint density at radius 2 is 1.93 bits per heavy atom. The minimum atomic E-state index is -0.748. The van der Waals surface area contributed by atoms with Crippen LogP contribution in [-0.2, 0) is 5.60 Å². The average molecular weight is 202 g/mol. The molecule has 15 heavy (non-hydrogen) atoms. The second kappa shape index (κ2) is 5.58. The smallest absolute Gasteiger partial charge is 0.0905 e. The summed E-state index contributed by atoms with van der Waals surface area (Å²) in [6.45, 7) is 2.07. The van der Waals surface area contributed by atoms with Gasteiger partial charge in [-0.15, -0.1) is 12.3 Å². The predicted octanol–water partition coefficient (Wildman–Crippen LogP) is 3.09. The molecule has 1 nitrogen and oxygen atoms in total. The van der Waals surface area contributed by atoms with Gasteiger partial charge in [-0.25, -0.2) is 0 Å². The van der Waals surface area contributed by atoms with E-state index in [1.165, 1.54) is 0 Å². The Balaban J connectivity index is 2.86. The number of rotatable bonds is 5. The Hall–Kier alpha value is -1.26. The van der Waals surface area contributed by atoms with E-state index in [2.05, 4.69) is 12.8 Å². The highest BCUT2D eigenvalue weighted by Crippen LogP contribution is 2.30. The lowest BCUT2D eigenvalue weighted by atomic mass is 9.85. The maximum Gasteiger partial charge on any atom is 0.0905 e. The minimum absolute atomic E-state index is 0.616. The molecule has 0 heterocycles. The van der Waals surface area contributed by atoms with Crippen LogP contribution in [0, 0.1) is 12.3 Å². The third-order valence-corrected chi connectivity index (χ3v) is 2.66. The van der Waals surface area contributed by atoms with E-state index in [0.717, 1.165) is 18.4 Å². The fourth-order valence-corrected chi connectivity index (χ4v) is 1.85. The first-order valence-electron chi connectivity index (χ1n) is 5.44. The lowest BCUT2D eigenvalue weighted by Crippen LogP contribution is -2.25. The van der Waals surface area contributed by atoms with E-state index < -0.39 is 5.60 Å². The summed E-state index contributed by atoms with van der Waals surface area (Å²) in [5.74, 6) is 2.59. The SMILES string of the molecule is C#CCCC(O)(CCC)c1ccccc1. The fraction of sp³-hybridized carbons (Fsp3) is 0.429. The molecule has 0 saturated carbocycles. The molecule has 0 saturated heterocycles. The van der Waals surface area contributed by atoms with Gasteiger partial charge in [0, 0.05) is 6.42 Å². The maximum atomic E-state index is 10.5. The molecule has 0 radical (unpaired) electrons. The molecule has 80 valence electrons. The molecule has 1 atom stereocenters. The standard InChI is InChI=1S/C14H18O/c1-3-5-12-14(15,11-4-2)13-9-7-6-8-10-13/h1,6-10,15H,4-5,11-12H2,2H3. The van der Waals surface area contributed by atoms with Crippen LogP contribution in [0.3, 0.4) is 0 Å². The van der Waals surface area contributed by atoms with E-state index in [9.17, 15) is 5.11 Å². The van der Waals surface area contributed by atoms with Gasteiger partial charge < -0.3 is 5.11 Å². The van der Waals surface area contributed by atoms with E-state index in [1.54, 1.807) is 0 Å². The van der Waals surface area contributed by atoms with E-state index in [-0.39, 0.29) is 0 Å². The summed E-state index contributed by atoms with van der Waals surface area (Å²) in [6, 6.07) is 9.78. The van der Waals surface area contributed by atoms with Gasteiger partial charge in [0.1, 0.15) is 0 Å². The molecule has 1 rings (SSSR count). The van der Waals surface area contributed by atoms with Crippen molar-refractivity contribution in [3.63, 3.8) is 0 Å². The summed E-state index contributed by atoms with van der Waals surface area (Å²) in [5, 5.41) is 10.5. The van der Waals surface area contributed by atoms with Crippen LogP contribution in [0.2, 0.25) is 0 Å². The molecule has 1 N–H and O–H groups in total. The van der Waals surface area contributed by atoms with Gasteiger partial charge >= 0.3 is 0 Å². The number of aliphatic hydroxyl groups is 1. The van der Waals surface area contributed by atoms with Crippen molar-refractivity contribution in [3.05, 3.63) is 35.9 Å². The topological polar surface area (TPSA) is 20.2 Å². The van der Waals surface area contributed by atoms with Crippen LogP contribution in [-0.4, -0.2) is 5.11 Å². The summed E-state index contributed by atoms with van der Waals surface area (Å²) >= 11 is 0. The molecular weight excluding hydrogens is 184 g/mol. The number of hydrogen-bond acceptors (Lipinski definition) is 1. The molecular formula is C14H18O. The van der Waals surface area contributed by atoms with Gasteiger partial charge in [-0.1, -0.05) is 43.7 Å². The average Bonchev–Trinajstić information content (AvgIpc) is 2.28. The third kappa shape index (κ3) is 3.11. The minimum Gasteiger partial charge on any atom is -0.385 e. The zero-order chi connectivity index (χ0) is 11.1. The molecule has 1 unspecified atom stereocenters. The monoisotopic (exact) mass is 202 g/mol.